The molecule has 0 heterocycles. The molecule has 0 fully saturated rings. The van der Waals surface area contributed by atoms with Crippen molar-refractivity contribution >= 4 is 13.7 Å². The fraction of sp³-hybridized carbons (Fsp3) is 0.773. The summed E-state index contributed by atoms with van der Waals surface area (Å²) in [6.45, 7) is 4.53. The Kier molecular flexibility index (Phi) is 54.7. The summed E-state index contributed by atoms with van der Waals surface area (Å²) in [5, 5.41) is 13.9. The molecule has 0 spiro atoms. The minimum atomic E-state index is -4.61. The van der Waals surface area contributed by atoms with E-state index in [2.05, 4.69) is 92.1 Å². The molecule has 0 aliphatic heterocycles. The van der Waals surface area contributed by atoms with Crippen molar-refractivity contribution in [3.63, 3.8) is 0 Å². The fourth-order valence-electron chi connectivity index (χ4n) is 8.96. The van der Waals surface area contributed by atoms with E-state index in [0.29, 0.717) is 17.4 Å². The van der Waals surface area contributed by atoms with E-state index in [4.69, 9.17) is 9.05 Å². The van der Waals surface area contributed by atoms with Crippen LogP contribution in [0.4, 0.5) is 0 Å². The highest BCUT2D eigenvalue weighted by Crippen LogP contribution is 2.38. The molecular formula is C66H121N2O6P. The van der Waals surface area contributed by atoms with Crippen LogP contribution in [0.1, 0.15) is 277 Å². The highest BCUT2D eigenvalue weighted by molar-refractivity contribution is 7.45. The zero-order valence-corrected chi connectivity index (χ0v) is 50.6. The van der Waals surface area contributed by atoms with Crippen LogP contribution in [0.15, 0.2) is 85.1 Å². The molecular weight excluding hydrogens is 948 g/mol. The number of allylic oxidation sites excluding steroid dienone is 13. The third-order valence-electron chi connectivity index (χ3n) is 13.8. The molecule has 0 aliphatic rings. The van der Waals surface area contributed by atoms with Crippen LogP contribution in [0.25, 0.3) is 0 Å². The number of amides is 1. The van der Waals surface area contributed by atoms with Crippen molar-refractivity contribution in [1.82, 2.24) is 5.32 Å². The van der Waals surface area contributed by atoms with Gasteiger partial charge in [0.25, 0.3) is 7.82 Å². The van der Waals surface area contributed by atoms with Gasteiger partial charge in [0.2, 0.25) is 5.91 Å². The molecule has 0 aromatic carbocycles. The number of aliphatic hydroxyl groups excluding tert-OH is 1. The Balaban J connectivity index is 4.01. The number of hydrogen-bond acceptors (Lipinski definition) is 6. The number of unbranched alkanes of at least 4 members (excludes halogenated alkanes) is 32. The summed E-state index contributed by atoms with van der Waals surface area (Å²) in [5.74, 6) is -0.205. The molecule has 2 N–H and O–H groups in total. The number of carbonyl (C=O) groups is 1. The van der Waals surface area contributed by atoms with E-state index < -0.39 is 26.6 Å². The van der Waals surface area contributed by atoms with Crippen LogP contribution in [-0.4, -0.2) is 68.5 Å². The molecule has 3 unspecified atom stereocenters. The number of quaternary nitrogens is 1. The minimum Gasteiger partial charge on any atom is -0.756 e. The van der Waals surface area contributed by atoms with Gasteiger partial charge in [-0.25, -0.2) is 0 Å². The molecule has 436 valence electrons. The second kappa shape index (κ2) is 56.4. The fourth-order valence-corrected chi connectivity index (χ4v) is 9.69. The zero-order chi connectivity index (χ0) is 54.9. The zero-order valence-electron chi connectivity index (χ0n) is 49.7. The minimum absolute atomic E-state index is 0.00723. The van der Waals surface area contributed by atoms with Gasteiger partial charge >= 0.3 is 0 Å². The van der Waals surface area contributed by atoms with E-state index in [-0.39, 0.29) is 12.5 Å². The van der Waals surface area contributed by atoms with Crippen LogP contribution in [0, 0.1) is 0 Å². The van der Waals surface area contributed by atoms with Crippen molar-refractivity contribution < 1.29 is 32.9 Å². The summed E-state index contributed by atoms with van der Waals surface area (Å²) < 4.78 is 23.3. The monoisotopic (exact) mass is 1070 g/mol. The van der Waals surface area contributed by atoms with Gasteiger partial charge in [-0.3, -0.25) is 9.36 Å². The Morgan fingerprint density at radius 1 is 0.480 bits per heavy atom. The van der Waals surface area contributed by atoms with Gasteiger partial charge < -0.3 is 28.8 Å². The second-order valence-corrected chi connectivity index (χ2v) is 23.8. The maximum absolute atomic E-state index is 13.0. The molecule has 0 aromatic rings. The quantitative estimate of drug-likeness (QED) is 0.0272. The lowest BCUT2D eigenvalue weighted by molar-refractivity contribution is -0.870. The molecule has 0 radical (unpaired) electrons. The van der Waals surface area contributed by atoms with E-state index >= 15 is 0 Å². The number of nitrogens with zero attached hydrogens (tertiary/aromatic N) is 1. The lowest BCUT2D eigenvalue weighted by Gasteiger charge is -2.29. The largest absolute Gasteiger partial charge is 0.756 e. The first-order valence-electron chi connectivity index (χ1n) is 31.4. The standard InChI is InChI=1S/C66H121N2O6P/c1-6-8-10-12-14-16-18-20-22-24-25-26-27-28-29-30-31-32-33-34-35-36-37-38-39-40-41-42-43-44-46-48-50-52-54-56-58-60-66(70)67-64(63-74-75(71,72)73-62-61-68(3,4)5)65(69)59-57-55-53-51-49-47-45-23-21-19-17-15-13-11-9-7-2/h8,10,14,16,20,22,25-26,28-29,49,51,57,59,64-65,69H,6-7,9,11-13,15,17-19,21,23-24,27,30-48,50,52-56,58,60-63H2,1-5H3,(H-,67,70,71,72)/b10-8-,16-14-,22-20-,26-25-,29-28-,51-49+,59-57+. The Morgan fingerprint density at radius 3 is 1.24 bits per heavy atom. The molecule has 8 nitrogen and oxygen atoms in total. The van der Waals surface area contributed by atoms with Crippen LogP contribution >= 0.6 is 7.82 Å². The Labute approximate surface area is 465 Å². The predicted octanol–water partition coefficient (Wildman–Crippen LogP) is 19.0. The molecule has 0 aromatic heterocycles. The van der Waals surface area contributed by atoms with Gasteiger partial charge in [0, 0.05) is 6.42 Å². The first kappa shape index (κ1) is 72.7. The van der Waals surface area contributed by atoms with Gasteiger partial charge in [-0.05, 0) is 77.0 Å². The Bertz CT molecular complexity index is 1500. The highest BCUT2D eigenvalue weighted by Gasteiger charge is 2.23. The number of phosphoric ester groups is 1. The molecule has 0 aliphatic carbocycles. The molecule has 0 rings (SSSR count). The van der Waals surface area contributed by atoms with Crippen molar-refractivity contribution in [3.05, 3.63) is 85.1 Å². The topological polar surface area (TPSA) is 108 Å². The summed E-state index contributed by atoms with van der Waals surface area (Å²) in [5.41, 5.74) is 0. The van der Waals surface area contributed by atoms with Gasteiger partial charge in [-0.1, -0.05) is 279 Å². The smallest absolute Gasteiger partial charge is 0.268 e. The third-order valence-corrected chi connectivity index (χ3v) is 14.8. The van der Waals surface area contributed by atoms with E-state index in [1.54, 1.807) is 6.08 Å². The summed E-state index contributed by atoms with van der Waals surface area (Å²) in [4.78, 5) is 25.5. The summed E-state index contributed by atoms with van der Waals surface area (Å²) in [7, 11) is 1.25. The first-order valence-corrected chi connectivity index (χ1v) is 32.9. The van der Waals surface area contributed by atoms with Gasteiger partial charge in [0.05, 0.1) is 39.9 Å². The van der Waals surface area contributed by atoms with Crippen LogP contribution in [0.2, 0.25) is 0 Å². The Morgan fingerprint density at radius 2 is 0.827 bits per heavy atom. The van der Waals surface area contributed by atoms with Gasteiger partial charge in [-0.2, -0.15) is 0 Å². The Hall–Kier alpha value is -2.32. The van der Waals surface area contributed by atoms with Crippen molar-refractivity contribution in [2.24, 2.45) is 0 Å². The summed E-state index contributed by atoms with van der Waals surface area (Å²) in [6.07, 6.45) is 79.8. The molecule has 1 amide bonds. The summed E-state index contributed by atoms with van der Waals surface area (Å²) >= 11 is 0. The maximum atomic E-state index is 13.0. The second-order valence-electron chi connectivity index (χ2n) is 22.4. The average molecular weight is 1070 g/mol. The molecule has 75 heavy (non-hydrogen) atoms. The maximum Gasteiger partial charge on any atom is 0.268 e. The molecule has 0 bridgehead atoms. The normalized spacial score (nSPS) is 14.4. The van der Waals surface area contributed by atoms with Crippen LogP contribution in [0.5, 0.6) is 0 Å². The molecule has 0 saturated heterocycles. The first-order chi connectivity index (χ1) is 36.5. The van der Waals surface area contributed by atoms with Crippen molar-refractivity contribution in [1.29, 1.82) is 0 Å². The van der Waals surface area contributed by atoms with Crippen LogP contribution in [-0.2, 0) is 18.4 Å². The van der Waals surface area contributed by atoms with Crippen LogP contribution < -0.4 is 10.2 Å². The van der Waals surface area contributed by atoms with Crippen molar-refractivity contribution in [3.8, 4) is 0 Å². The van der Waals surface area contributed by atoms with Crippen molar-refractivity contribution in [2.45, 2.75) is 289 Å². The SMILES string of the molecule is CC/C=C\C/C=C\C/C=C\C/C=C\C/C=C\CCCCCCCCCCCCCCCCCCCCCCCC(=O)NC(COP(=O)([O-])OCC[N+](C)(C)C)C(O)/C=C/CC/C=C/CCCCCCCCCCCC. The van der Waals surface area contributed by atoms with E-state index in [9.17, 15) is 19.4 Å². The van der Waals surface area contributed by atoms with Gasteiger partial charge in [0.1, 0.15) is 13.2 Å². The number of phosphoric acid groups is 1. The van der Waals surface area contributed by atoms with Crippen molar-refractivity contribution in [2.75, 3.05) is 40.9 Å². The van der Waals surface area contributed by atoms with E-state index in [1.165, 1.54) is 186 Å². The average Bonchev–Trinajstić information content (AvgIpc) is 3.37. The predicted molar refractivity (Wildman–Crippen MR) is 325 cm³/mol. The number of likely N-dealkylation sites (N-methyl/N-ethyl adjacent to an activating group) is 1. The molecule has 9 heteroatoms. The van der Waals surface area contributed by atoms with Gasteiger partial charge in [-0.15, -0.1) is 0 Å². The number of hydrogen-bond donors (Lipinski definition) is 2. The van der Waals surface area contributed by atoms with Crippen LogP contribution in [0.3, 0.4) is 0 Å². The lowest BCUT2D eigenvalue weighted by Crippen LogP contribution is -2.45. The summed E-state index contributed by atoms with van der Waals surface area (Å²) in [6, 6.07) is -0.905. The number of carbonyl (C=O) groups excluding carboxylic acids is 1. The molecule has 0 saturated carbocycles. The lowest BCUT2D eigenvalue weighted by atomic mass is 10.0. The molecule has 3 atom stereocenters. The van der Waals surface area contributed by atoms with Gasteiger partial charge in [0.15, 0.2) is 0 Å². The number of nitrogens with one attached hydrogen (secondary N) is 1. The number of aliphatic hydroxyl groups is 1. The van der Waals surface area contributed by atoms with E-state index in [1.807, 2.05) is 27.2 Å². The number of rotatable bonds is 57. The highest BCUT2D eigenvalue weighted by atomic mass is 31.2. The third kappa shape index (κ3) is 59.2. The van der Waals surface area contributed by atoms with E-state index in [0.717, 1.165) is 70.6 Å².